The predicted molar refractivity (Wildman–Crippen MR) is 78.2 cm³/mol. The molecule has 0 amide bonds. The largest absolute Gasteiger partial charge is 0.497 e. The fourth-order valence-electron chi connectivity index (χ4n) is 2.28. The lowest BCUT2D eigenvalue weighted by Gasteiger charge is -2.08. The molecule has 0 radical (unpaired) electrons. The number of nitrogens with zero attached hydrogens (tertiary/aromatic N) is 1. The summed E-state index contributed by atoms with van der Waals surface area (Å²) in [6, 6.07) is 9.93. The number of aromatic amines is 1. The van der Waals surface area contributed by atoms with Gasteiger partial charge in [0.15, 0.2) is 0 Å². The lowest BCUT2D eigenvalue weighted by atomic mass is 10.1. The first-order chi connectivity index (χ1) is 10.9. The molecule has 0 saturated heterocycles. The standard InChI is InChI=1S/C16H13F3N2O2/c1-23-11-5-2-9(3-6-11)14(22)15-20-12-7-4-10(16(17,18)19)8-13(12)21-15/h2-8,14,22H,1H3,(H,20,21). The number of halogens is 3. The average molecular weight is 322 g/mol. The van der Waals surface area contributed by atoms with Crippen molar-refractivity contribution in [1.82, 2.24) is 9.97 Å². The van der Waals surface area contributed by atoms with Crippen LogP contribution in [0.15, 0.2) is 42.5 Å². The number of ether oxygens (including phenoxy) is 1. The van der Waals surface area contributed by atoms with Crippen molar-refractivity contribution in [2.45, 2.75) is 12.3 Å². The smallest absolute Gasteiger partial charge is 0.416 e. The highest BCUT2D eigenvalue weighted by molar-refractivity contribution is 5.76. The van der Waals surface area contributed by atoms with Gasteiger partial charge in [-0.1, -0.05) is 12.1 Å². The fraction of sp³-hybridized carbons (Fsp3) is 0.188. The number of aliphatic hydroxyl groups is 1. The molecule has 0 bridgehead atoms. The van der Waals surface area contributed by atoms with E-state index in [1.807, 2.05) is 0 Å². The van der Waals surface area contributed by atoms with E-state index in [-0.39, 0.29) is 11.3 Å². The minimum Gasteiger partial charge on any atom is -0.497 e. The molecule has 0 aliphatic heterocycles. The Morgan fingerprint density at radius 2 is 1.83 bits per heavy atom. The third-order valence-corrected chi connectivity index (χ3v) is 3.52. The summed E-state index contributed by atoms with van der Waals surface area (Å²) in [5.41, 5.74) is 0.367. The zero-order valence-electron chi connectivity index (χ0n) is 12.1. The van der Waals surface area contributed by atoms with Crippen LogP contribution in [0.1, 0.15) is 23.1 Å². The van der Waals surface area contributed by atoms with Crippen molar-refractivity contribution >= 4 is 11.0 Å². The first-order valence-corrected chi connectivity index (χ1v) is 6.77. The summed E-state index contributed by atoms with van der Waals surface area (Å²) >= 11 is 0. The molecule has 2 aromatic carbocycles. The summed E-state index contributed by atoms with van der Waals surface area (Å²) in [5, 5.41) is 10.3. The number of nitrogens with one attached hydrogen (secondary N) is 1. The van der Waals surface area contributed by atoms with Crippen molar-refractivity contribution in [3.05, 3.63) is 59.4 Å². The van der Waals surface area contributed by atoms with Gasteiger partial charge in [0.2, 0.25) is 0 Å². The summed E-state index contributed by atoms with van der Waals surface area (Å²) < 4.78 is 43.2. The van der Waals surface area contributed by atoms with Gasteiger partial charge in [0.05, 0.1) is 23.7 Å². The number of H-pyrrole nitrogens is 1. The third-order valence-electron chi connectivity index (χ3n) is 3.52. The third kappa shape index (κ3) is 3.00. The molecule has 3 aromatic rings. The highest BCUT2D eigenvalue weighted by atomic mass is 19.4. The molecule has 1 aromatic heterocycles. The number of aliphatic hydroxyl groups excluding tert-OH is 1. The number of rotatable bonds is 3. The number of fused-ring (bicyclic) bond motifs is 1. The van der Waals surface area contributed by atoms with Crippen LogP contribution < -0.4 is 4.74 Å². The van der Waals surface area contributed by atoms with E-state index >= 15 is 0 Å². The Morgan fingerprint density at radius 1 is 1.13 bits per heavy atom. The van der Waals surface area contributed by atoms with Gasteiger partial charge in [0, 0.05) is 0 Å². The second kappa shape index (κ2) is 5.58. The molecule has 0 fully saturated rings. The van der Waals surface area contributed by atoms with Crippen LogP contribution in [0.2, 0.25) is 0 Å². The summed E-state index contributed by atoms with van der Waals surface area (Å²) in [4.78, 5) is 6.91. The van der Waals surface area contributed by atoms with Crippen LogP contribution in [0.5, 0.6) is 5.75 Å². The molecule has 4 nitrogen and oxygen atoms in total. The maximum atomic E-state index is 12.7. The molecule has 1 atom stereocenters. The van der Waals surface area contributed by atoms with Crippen molar-refractivity contribution in [2.75, 3.05) is 7.11 Å². The SMILES string of the molecule is COc1ccc(C(O)c2nc3cc(C(F)(F)F)ccc3[nH]2)cc1. The van der Waals surface area contributed by atoms with E-state index in [0.29, 0.717) is 16.8 Å². The van der Waals surface area contributed by atoms with E-state index < -0.39 is 17.8 Å². The van der Waals surface area contributed by atoms with E-state index in [2.05, 4.69) is 9.97 Å². The summed E-state index contributed by atoms with van der Waals surface area (Å²) in [6.45, 7) is 0. The predicted octanol–water partition coefficient (Wildman–Crippen LogP) is 3.67. The normalized spacial score (nSPS) is 13.3. The second-order valence-electron chi connectivity index (χ2n) is 5.03. The summed E-state index contributed by atoms with van der Waals surface area (Å²) in [7, 11) is 1.53. The van der Waals surface area contributed by atoms with Crippen LogP contribution in [0.3, 0.4) is 0 Å². The maximum Gasteiger partial charge on any atom is 0.416 e. The van der Waals surface area contributed by atoms with E-state index in [4.69, 9.17) is 4.74 Å². The molecule has 0 aliphatic carbocycles. The van der Waals surface area contributed by atoms with Crippen LogP contribution in [-0.4, -0.2) is 22.2 Å². The van der Waals surface area contributed by atoms with Gasteiger partial charge in [-0.05, 0) is 35.9 Å². The Labute approximate surface area is 129 Å². The number of imidazole rings is 1. The number of hydrogen-bond acceptors (Lipinski definition) is 3. The van der Waals surface area contributed by atoms with Crippen LogP contribution in [0.25, 0.3) is 11.0 Å². The van der Waals surface area contributed by atoms with Gasteiger partial charge in [0.25, 0.3) is 0 Å². The van der Waals surface area contributed by atoms with E-state index in [1.165, 1.54) is 13.2 Å². The minimum atomic E-state index is -4.43. The Hall–Kier alpha value is -2.54. The van der Waals surface area contributed by atoms with Crippen LogP contribution in [0, 0.1) is 0 Å². The quantitative estimate of drug-likeness (QED) is 0.773. The van der Waals surface area contributed by atoms with E-state index in [0.717, 1.165) is 12.1 Å². The van der Waals surface area contributed by atoms with Crippen LogP contribution in [-0.2, 0) is 6.18 Å². The zero-order valence-corrected chi connectivity index (χ0v) is 12.1. The average Bonchev–Trinajstić information content (AvgIpc) is 2.96. The molecule has 2 N–H and O–H groups in total. The molecule has 0 spiro atoms. The molecule has 120 valence electrons. The molecular weight excluding hydrogens is 309 g/mol. The van der Waals surface area contributed by atoms with Crippen LogP contribution >= 0.6 is 0 Å². The van der Waals surface area contributed by atoms with Crippen molar-refractivity contribution in [3.63, 3.8) is 0 Å². The van der Waals surface area contributed by atoms with Crippen molar-refractivity contribution < 1.29 is 23.0 Å². The Kier molecular flexibility index (Phi) is 3.73. The van der Waals surface area contributed by atoms with Crippen molar-refractivity contribution in [2.24, 2.45) is 0 Å². The maximum absolute atomic E-state index is 12.7. The highest BCUT2D eigenvalue weighted by Gasteiger charge is 2.31. The monoisotopic (exact) mass is 322 g/mol. The lowest BCUT2D eigenvalue weighted by molar-refractivity contribution is -0.137. The topological polar surface area (TPSA) is 58.1 Å². The molecule has 0 saturated carbocycles. The Morgan fingerprint density at radius 3 is 2.43 bits per heavy atom. The number of hydrogen-bond donors (Lipinski definition) is 2. The van der Waals surface area contributed by atoms with Gasteiger partial charge < -0.3 is 14.8 Å². The first-order valence-electron chi connectivity index (χ1n) is 6.77. The Bertz CT molecular complexity index is 825. The molecule has 1 heterocycles. The molecule has 1 unspecified atom stereocenters. The number of alkyl halides is 3. The van der Waals surface area contributed by atoms with Crippen LogP contribution in [0.4, 0.5) is 13.2 Å². The van der Waals surface area contributed by atoms with Gasteiger partial charge in [-0.15, -0.1) is 0 Å². The summed E-state index contributed by atoms with van der Waals surface area (Å²) in [5.74, 6) is 0.824. The number of aromatic nitrogens is 2. The van der Waals surface area contributed by atoms with Gasteiger partial charge in [0.1, 0.15) is 17.7 Å². The zero-order chi connectivity index (χ0) is 16.6. The molecule has 3 rings (SSSR count). The minimum absolute atomic E-state index is 0.155. The molecular formula is C16H13F3N2O2. The van der Waals surface area contributed by atoms with Gasteiger partial charge >= 0.3 is 6.18 Å². The van der Waals surface area contributed by atoms with Gasteiger partial charge in [-0.2, -0.15) is 13.2 Å². The van der Waals surface area contributed by atoms with Crippen molar-refractivity contribution in [3.8, 4) is 5.75 Å². The van der Waals surface area contributed by atoms with E-state index in [9.17, 15) is 18.3 Å². The highest BCUT2D eigenvalue weighted by Crippen LogP contribution is 2.31. The van der Waals surface area contributed by atoms with Crippen molar-refractivity contribution in [1.29, 1.82) is 0 Å². The fourth-order valence-corrected chi connectivity index (χ4v) is 2.28. The second-order valence-corrected chi connectivity index (χ2v) is 5.03. The molecule has 0 aliphatic rings. The van der Waals surface area contributed by atoms with E-state index in [1.54, 1.807) is 24.3 Å². The van der Waals surface area contributed by atoms with Gasteiger partial charge in [-0.25, -0.2) is 4.98 Å². The first kappa shape index (κ1) is 15.4. The number of benzene rings is 2. The lowest BCUT2D eigenvalue weighted by Crippen LogP contribution is -2.04. The summed E-state index contributed by atoms with van der Waals surface area (Å²) in [6.07, 6.45) is -5.50. The Balaban J connectivity index is 1.95. The number of methoxy groups -OCH3 is 1. The molecule has 23 heavy (non-hydrogen) atoms. The molecule has 7 heteroatoms. The van der Waals surface area contributed by atoms with Gasteiger partial charge in [-0.3, -0.25) is 0 Å².